The van der Waals surface area contributed by atoms with E-state index in [1.165, 1.54) is 4.31 Å². The van der Waals surface area contributed by atoms with Crippen molar-refractivity contribution in [1.29, 1.82) is 5.26 Å². The van der Waals surface area contributed by atoms with E-state index in [1.807, 2.05) is 25.1 Å². The molecular weight excluding hydrogens is 388 g/mol. The number of rotatable bonds is 5. The zero-order valence-electron chi connectivity index (χ0n) is 16.1. The van der Waals surface area contributed by atoms with Crippen molar-refractivity contribution < 1.29 is 8.42 Å². The molecule has 0 spiro atoms. The van der Waals surface area contributed by atoms with Gasteiger partial charge in [-0.25, -0.2) is 22.7 Å². The minimum absolute atomic E-state index is 0.129. The van der Waals surface area contributed by atoms with Gasteiger partial charge in [0, 0.05) is 31.0 Å². The van der Waals surface area contributed by atoms with Crippen LogP contribution in [0.5, 0.6) is 0 Å². The maximum atomic E-state index is 12.4. The molecule has 3 aromatic heterocycles. The molecule has 4 rings (SSSR count). The summed E-state index contributed by atoms with van der Waals surface area (Å²) in [6.45, 7) is 2.92. The molecule has 0 bridgehead atoms. The molecular formula is C20H22N6O2S. The molecule has 4 heterocycles. The van der Waals surface area contributed by atoms with E-state index in [0.29, 0.717) is 19.5 Å². The molecule has 3 aromatic rings. The fourth-order valence-corrected chi connectivity index (χ4v) is 5.31. The standard InChI is InChI=1S/C20H22N6O2S/c1-14-9-15(13-26(12-14)29(27,28)8-5-21)10-18-16(3-2-6-22-18)19-11-24-20-17(25-19)4-7-23-20/h2-4,6-7,11,14-15H,8-10,12-13H2,1H3,(H,23,24)/t14-,15+/m0/s1. The third-order valence-electron chi connectivity index (χ3n) is 5.26. The molecule has 2 atom stereocenters. The first-order valence-electron chi connectivity index (χ1n) is 9.55. The maximum Gasteiger partial charge on any atom is 0.227 e. The summed E-state index contributed by atoms with van der Waals surface area (Å²) in [5.41, 5.74) is 4.06. The lowest BCUT2D eigenvalue weighted by Gasteiger charge is -2.35. The molecule has 0 radical (unpaired) electrons. The average Bonchev–Trinajstić information content (AvgIpc) is 3.16. The van der Waals surface area contributed by atoms with Gasteiger partial charge in [0.2, 0.25) is 10.0 Å². The third kappa shape index (κ3) is 4.13. The van der Waals surface area contributed by atoms with Crippen molar-refractivity contribution in [3.8, 4) is 17.3 Å². The van der Waals surface area contributed by atoms with Crippen LogP contribution in [-0.2, 0) is 16.4 Å². The summed E-state index contributed by atoms with van der Waals surface area (Å²) in [5.74, 6) is -0.122. The van der Waals surface area contributed by atoms with Crippen molar-refractivity contribution in [2.45, 2.75) is 19.8 Å². The van der Waals surface area contributed by atoms with E-state index in [9.17, 15) is 8.42 Å². The number of aromatic nitrogens is 4. The van der Waals surface area contributed by atoms with Crippen LogP contribution in [0.25, 0.3) is 22.4 Å². The van der Waals surface area contributed by atoms with Crippen LogP contribution in [0.15, 0.2) is 36.8 Å². The van der Waals surface area contributed by atoms with Gasteiger partial charge < -0.3 is 4.98 Å². The van der Waals surface area contributed by atoms with Crippen molar-refractivity contribution in [2.75, 3.05) is 18.8 Å². The van der Waals surface area contributed by atoms with Gasteiger partial charge in [0.15, 0.2) is 11.4 Å². The van der Waals surface area contributed by atoms with Gasteiger partial charge in [0.1, 0.15) is 5.52 Å². The van der Waals surface area contributed by atoms with Crippen LogP contribution in [0, 0.1) is 23.2 Å². The smallest absolute Gasteiger partial charge is 0.227 e. The van der Waals surface area contributed by atoms with Gasteiger partial charge in [-0.3, -0.25) is 4.98 Å². The molecule has 1 saturated heterocycles. The second-order valence-electron chi connectivity index (χ2n) is 7.61. The van der Waals surface area contributed by atoms with Crippen LogP contribution in [0.1, 0.15) is 19.0 Å². The Hall–Kier alpha value is -2.83. The van der Waals surface area contributed by atoms with Crippen LogP contribution in [0.3, 0.4) is 0 Å². The van der Waals surface area contributed by atoms with Crippen LogP contribution in [0.4, 0.5) is 0 Å². The maximum absolute atomic E-state index is 12.4. The van der Waals surface area contributed by atoms with Crippen molar-refractivity contribution in [2.24, 2.45) is 11.8 Å². The predicted octanol–water partition coefficient (Wildman–Crippen LogP) is 2.37. The number of nitrogens with one attached hydrogen (secondary N) is 1. The highest BCUT2D eigenvalue weighted by Crippen LogP contribution is 2.29. The van der Waals surface area contributed by atoms with Crippen molar-refractivity contribution in [3.05, 3.63) is 42.5 Å². The molecule has 1 N–H and O–H groups in total. The highest BCUT2D eigenvalue weighted by molar-refractivity contribution is 7.89. The van der Waals surface area contributed by atoms with E-state index in [4.69, 9.17) is 5.26 Å². The van der Waals surface area contributed by atoms with Crippen molar-refractivity contribution in [3.63, 3.8) is 0 Å². The summed E-state index contributed by atoms with van der Waals surface area (Å²) in [7, 11) is -3.55. The van der Waals surface area contributed by atoms with Crippen LogP contribution < -0.4 is 0 Å². The second kappa shape index (κ2) is 7.89. The largest absolute Gasteiger partial charge is 0.345 e. The van der Waals surface area contributed by atoms with E-state index in [2.05, 4.69) is 19.9 Å². The Kier molecular flexibility index (Phi) is 5.30. The number of aromatic amines is 1. The Balaban J connectivity index is 1.60. The molecule has 9 heteroatoms. The van der Waals surface area contributed by atoms with Crippen LogP contribution in [-0.4, -0.2) is 51.5 Å². The zero-order chi connectivity index (χ0) is 20.4. The topological polar surface area (TPSA) is 116 Å². The average molecular weight is 411 g/mol. The highest BCUT2D eigenvalue weighted by atomic mass is 32.2. The van der Waals surface area contributed by atoms with Gasteiger partial charge in [-0.2, -0.15) is 5.26 Å². The molecule has 8 nitrogen and oxygen atoms in total. The van der Waals surface area contributed by atoms with E-state index in [1.54, 1.807) is 24.7 Å². The molecule has 0 aromatic carbocycles. The molecule has 1 fully saturated rings. The minimum atomic E-state index is -3.55. The first-order valence-corrected chi connectivity index (χ1v) is 11.2. The third-order valence-corrected chi connectivity index (χ3v) is 6.84. The van der Waals surface area contributed by atoms with E-state index >= 15 is 0 Å². The van der Waals surface area contributed by atoms with Gasteiger partial charge in [0.05, 0.1) is 23.7 Å². The van der Waals surface area contributed by atoms with Crippen LogP contribution >= 0.6 is 0 Å². The summed E-state index contributed by atoms with van der Waals surface area (Å²) in [4.78, 5) is 16.7. The number of pyridine rings is 1. The Morgan fingerprint density at radius 2 is 2.17 bits per heavy atom. The lowest BCUT2D eigenvalue weighted by atomic mass is 9.87. The van der Waals surface area contributed by atoms with Crippen molar-refractivity contribution >= 4 is 21.2 Å². The SMILES string of the molecule is C[C@H]1C[C@H](Cc2ncccc2-c2cnc3[nH]ccc3n2)CN(S(=O)(=O)CC#N)C1. The predicted molar refractivity (Wildman–Crippen MR) is 109 cm³/mol. The quantitative estimate of drug-likeness (QED) is 0.690. The summed E-state index contributed by atoms with van der Waals surface area (Å²) in [5, 5.41) is 8.84. The number of fused-ring (bicyclic) bond motifs is 1. The summed E-state index contributed by atoms with van der Waals surface area (Å²) < 4.78 is 26.2. The van der Waals surface area contributed by atoms with E-state index in [0.717, 1.165) is 34.5 Å². The summed E-state index contributed by atoms with van der Waals surface area (Å²) in [6, 6.07) is 7.49. The number of sulfonamides is 1. The Labute approximate surface area is 169 Å². The van der Waals surface area contributed by atoms with Gasteiger partial charge in [0.25, 0.3) is 0 Å². The van der Waals surface area contributed by atoms with E-state index in [-0.39, 0.29) is 11.8 Å². The fraction of sp³-hybridized carbons (Fsp3) is 0.400. The zero-order valence-corrected chi connectivity index (χ0v) is 16.9. The molecule has 0 aliphatic carbocycles. The summed E-state index contributed by atoms with van der Waals surface area (Å²) in [6.07, 6.45) is 6.84. The number of hydrogen-bond acceptors (Lipinski definition) is 6. The molecule has 150 valence electrons. The lowest BCUT2D eigenvalue weighted by molar-refractivity contribution is 0.209. The molecule has 0 amide bonds. The number of piperidine rings is 1. The second-order valence-corrected chi connectivity index (χ2v) is 9.58. The Bertz CT molecular complexity index is 1170. The lowest BCUT2D eigenvalue weighted by Crippen LogP contribution is -2.44. The number of hydrogen-bond donors (Lipinski definition) is 1. The minimum Gasteiger partial charge on any atom is -0.345 e. The Morgan fingerprint density at radius 3 is 3.00 bits per heavy atom. The Morgan fingerprint density at radius 1 is 1.31 bits per heavy atom. The van der Waals surface area contributed by atoms with E-state index < -0.39 is 15.8 Å². The first-order chi connectivity index (χ1) is 14.0. The van der Waals surface area contributed by atoms with Gasteiger partial charge in [-0.1, -0.05) is 6.92 Å². The molecule has 1 aliphatic heterocycles. The van der Waals surface area contributed by atoms with Gasteiger partial charge >= 0.3 is 0 Å². The molecule has 1 aliphatic rings. The number of nitrogens with zero attached hydrogens (tertiary/aromatic N) is 5. The summed E-state index contributed by atoms with van der Waals surface area (Å²) >= 11 is 0. The molecule has 0 unspecified atom stereocenters. The molecule has 0 saturated carbocycles. The van der Waals surface area contributed by atoms with Crippen molar-refractivity contribution in [1.82, 2.24) is 24.2 Å². The van der Waals surface area contributed by atoms with Crippen LogP contribution in [0.2, 0.25) is 0 Å². The van der Waals surface area contributed by atoms with Gasteiger partial charge in [-0.15, -0.1) is 0 Å². The van der Waals surface area contributed by atoms with Gasteiger partial charge in [-0.05, 0) is 42.9 Å². The monoisotopic (exact) mass is 410 g/mol. The first kappa shape index (κ1) is 19.5. The number of H-pyrrole nitrogens is 1. The fourth-order valence-electron chi connectivity index (χ4n) is 4.04. The molecule has 29 heavy (non-hydrogen) atoms. The number of nitriles is 1. The normalized spacial score (nSPS) is 20.6. The highest BCUT2D eigenvalue weighted by Gasteiger charge is 2.32.